The van der Waals surface area contributed by atoms with E-state index >= 15 is 0 Å². The molecule has 0 spiro atoms. The van der Waals surface area contributed by atoms with Crippen molar-refractivity contribution in [2.75, 3.05) is 0 Å². The summed E-state index contributed by atoms with van der Waals surface area (Å²) >= 11 is 3.37. The van der Waals surface area contributed by atoms with Gasteiger partial charge >= 0.3 is 0 Å². The minimum absolute atomic E-state index is 0.345. The summed E-state index contributed by atoms with van der Waals surface area (Å²) in [6.07, 6.45) is 7.35. The molecule has 1 fully saturated rings. The summed E-state index contributed by atoms with van der Waals surface area (Å²) in [5, 5.41) is 9.63. The predicted octanol–water partition coefficient (Wildman–Crippen LogP) is 2.30. The molecule has 70 valence electrons. The second-order valence-electron chi connectivity index (χ2n) is 3.74. The second-order valence-corrected chi connectivity index (χ2v) is 4.65. The van der Waals surface area contributed by atoms with Gasteiger partial charge in [0.1, 0.15) is 0 Å². The zero-order chi connectivity index (χ0) is 9.31. The molecule has 1 aliphatic carbocycles. The molecule has 0 atom stereocenters. The fourth-order valence-corrected chi connectivity index (χ4v) is 1.78. The Bertz CT molecular complexity index is 310. The van der Waals surface area contributed by atoms with E-state index in [1.165, 1.54) is 5.56 Å². The number of pyridine rings is 1. The number of hydrogen-bond donors (Lipinski definition) is 1. The van der Waals surface area contributed by atoms with Crippen molar-refractivity contribution in [3.8, 4) is 0 Å². The molecule has 1 saturated carbocycles. The summed E-state index contributed by atoms with van der Waals surface area (Å²) < 4.78 is 1.01. The third-order valence-corrected chi connectivity index (χ3v) is 2.90. The average Bonchev–Trinajstić information content (AvgIpc) is 2.82. The molecular formula is C10H12BrNO. The van der Waals surface area contributed by atoms with Gasteiger partial charge in [-0.15, -0.1) is 0 Å². The van der Waals surface area contributed by atoms with Gasteiger partial charge in [-0.05, 0) is 53.2 Å². The summed E-state index contributed by atoms with van der Waals surface area (Å²) in [5.41, 5.74) is 0.845. The minimum atomic E-state index is -0.345. The van der Waals surface area contributed by atoms with Crippen molar-refractivity contribution in [1.29, 1.82) is 0 Å². The fourth-order valence-electron chi connectivity index (χ4n) is 1.36. The van der Waals surface area contributed by atoms with E-state index in [-0.39, 0.29) is 5.60 Å². The van der Waals surface area contributed by atoms with E-state index in [0.29, 0.717) is 0 Å². The Hall–Kier alpha value is -0.410. The van der Waals surface area contributed by atoms with Crippen LogP contribution >= 0.6 is 15.9 Å². The summed E-state index contributed by atoms with van der Waals surface area (Å²) in [5.74, 6) is 0. The lowest BCUT2D eigenvalue weighted by Gasteiger charge is -2.06. The van der Waals surface area contributed by atoms with Crippen molar-refractivity contribution in [1.82, 2.24) is 4.98 Å². The maximum absolute atomic E-state index is 9.63. The molecule has 0 aromatic carbocycles. The minimum Gasteiger partial charge on any atom is -0.390 e. The number of hydrogen-bond acceptors (Lipinski definition) is 2. The Morgan fingerprint density at radius 1 is 1.46 bits per heavy atom. The first-order valence-corrected chi connectivity index (χ1v) is 5.29. The van der Waals surface area contributed by atoms with Gasteiger partial charge in [-0.3, -0.25) is 4.98 Å². The molecule has 1 aliphatic rings. The zero-order valence-electron chi connectivity index (χ0n) is 7.33. The third kappa shape index (κ3) is 2.51. The van der Waals surface area contributed by atoms with Crippen molar-refractivity contribution >= 4 is 15.9 Å². The van der Waals surface area contributed by atoms with Gasteiger partial charge in [-0.25, -0.2) is 0 Å². The first-order chi connectivity index (χ1) is 6.18. The van der Waals surface area contributed by atoms with Crippen molar-refractivity contribution in [3.05, 3.63) is 28.5 Å². The molecule has 1 heterocycles. The highest BCUT2D eigenvalue weighted by molar-refractivity contribution is 9.10. The Balaban J connectivity index is 1.94. The van der Waals surface area contributed by atoms with Crippen LogP contribution in [0.5, 0.6) is 0 Å². The number of nitrogens with zero attached hydrogens (tertiary/aromatic N) is 1. The molecule has 0 unspecified atom stereocenters. The van der Waals surface area contributed by atoms with Crippen LogP contribution in [0.4, 0.5) is 0 Å². The summed E-state index contributed by atoms with van der Waals surface area (Å²) in [6, 6.07) is 2.05. The lowest BCUT2D eigenvalue weighted by molar-refractivity contribution is 0.140. The van der Waals surface area contributed by atoms with Crippen molar-refractivity contribution in [2.45, 2.75) is 31.3 Å². The summed E-state index contributed by atoms with van der Waals surface area (Å²) in [7, 11) is 0. The Labute approximate surface area is 86.1 Å². The molecule has 0 saturated heterocycles. The lowest BCUT2D eigenvalue weighted by atomic mass is 10.1. The largest absolute Gasteiger partial charge is 0.390 e. The Morgan fingerprint density at radius 3 is 2.85 bits per heavy atom. The summed E-state index contributed by atoms with van der Waals surface area (Å²) in [4.78, 5) is 4.08. The highest BCUT2D eigenvalue weighted by Gasteiger charge is 2.39. The molecule has 13 heavy (non-hydrogen) atoms. The number of halogens is 1. The van der Waals surface area contributed by atoms with Gasteiger partial charge in [0.15, 0.2) is 0 Å². The standard InChI is InChI=1S/C10H12BrNO/c11-9-5-8(6-12-7-9)1-2-10(13)3-4-10/h5-7,13H,1-4H2. The van der Waals surface area contributed by atoms with Crippen LogP contribution in [0.15, 0.2) is 22.9 Å². The summed E-state index contributed by atoms with van der Waals surface area (Å²) in [6.45, 7) is 0. The van der Waals surface area contributed by atoms with Gasteiger partial charge in [-0.2, -0.15) is 0 Å². The predicted molar refractivity (Wildman–Crippen MR) is 54.4 cm³/mol. The van der Waals surface area contributed by atoms with Crippen LogP contribution in [0, 0.1) is 0 Å². The molecule has 0 amide bonds. The number of aryl methyl sites for hydroxylation is 1. The van der Waals surface area contributed by atoms with Crippen LogP contribution in [-0.2, 0) is 6.42 Å². The average molecular weight is 242 g/mol. The maximum atomic E-state index is 9.63. The normalized spacial score (nSPS) is 18.6. The maximum Gasteiger partial charge on any atom is 0.0653 e. The van der Waals surface area contributed by atoms with Crippen molar-refractivity contribution in [3.63, 3.8) is 0 Å². The van der Waals surface area contributed by atoms with Crippen molar-refractivity contribution in [2.24, 2.45) is 0 Å². The first kappa shape index (κ1) is 9.16. The number of aromatic nitrogens is 1. The smallest absolute Gasteiger partial charge is 0.0653 e. The molecule has 2 nitrogen and oxygen atoms in total. The van der Waals surface area contributed by atoms with E-state index in [4.69, 9.17) is 0 Å². The molecule has 0 radical (unpaired) electrons. The van der Waals surface area contributed by atoms with Gasteiger partial charge in [0.2, 0.25) is 0 Å². The van der Waals surface area contributed by atoms with Gasteiger partial charge in [0.05, 0.1) is 5.60 Å². The molecule has 1 aromatic rings. The number of aliphatic hydroxyl groups is 1. The molecule has 3 heteroatoms. The topological polar surface area (TPSA) is 33.1 Å². The molecule has 1 N–H and O–H groups in total. The molecule has 2 rings (SSSR count). The van der Waals surface area contributed by atoms with Crippen LogP contribution in [0.3, 0.4) is 0 Å². The van der Waals surface area contributed by atoms with E-state index in [0.717, 1.165) is 30.2 Å². The quantitative estimate of drug-likeness (QED) is 0.882. The Morgan fingerprint density at radius 2 is 2.23 bits per heavy atom. The van der Waals surface area contributed by atoms with Crippen molar-refractivity contribution < 1.29 is 5.11 Å². The molecule has 0 aliphatic heterocycles. The zero-order valence-corrected chi connectivity index (χ0v) is 8.92. The van der Waals surface area contributed by atoms with E-state index in [9.17, 15) is 5.11 Å². The van der Waals surface area contributed by atoms with E-state index in [2.05, 4.69) is 27.0 Å². The molecular weight excluding hydrogens is 230 g/mol. The van der Waals surface area contributed by atoms with Gasteiger partial charge < -0.3 is 5.11 Å². The first-order valence-electron chi connectivity index (χ1n) is 4.50. The van der Waals surface area contributed by atoms with Crippen LogP contribution in [-0.4, -0.2) is 15.7 Å². The van der Waals surface area contributed by atoms with E-state index < -0.39 is 0 Å². The molecule has 1 aromatic heterocycles. The number of rotatable bonds is 3. The van der Waals surface area contributed by atoms with Crippen LogP contribution in [0.2, 0.25) is 0 Å². The van der Waals surface area contributed by atoms with Crippen LogP contribution < -0.4 is 0 Å². The van der Waals surface area contributed by atoms with Crippen LogP contribution in [0.25, 0.3) is 0 Å². The van der Waals surface area contributed by atoms with E-state index in [1.807, 2.05) is 6.20 Å². The monoisotopic (exact) mass is 241 g/mol. The molecule has 0 bridgehead atoms. The van der Waals surface area contributed by atoms with Crippen LogP contribution in [0.1, 0.15) is 24.8 Å². The SMILES string of the molecule is OC1(CCc2cncc(Br)c2)CC1. The van der Waals surface area contributed by atoms with Gasteiger partial charge in [0, 0.05) is 16.9 Å². The lowest BCUT2D eigenvalue weighted by Crippen LogP contribution is -2.07. The van der Waals surface area contributed by atoms with E-state index in [1.54, 1.807) is 6.20 Å². The highest BCUT2D eigenvalue weighted by atomic mass is 79.9. The highest BCUT2D eigenvalue weighted by Crippen LogP contribution is 2.39. The fraction of sp³-hybridized carbons (Fsp3) is 0.500. The Kier molecular flexibility index (Phi) is 2.39. The van der Waals surface area contributed by atoms with Gasteiger partial charge in [0.25, 0.3) is 0 Å². The van der Waals surface area contributed by atoms with Gasteiger partial charge in [-0.1, -0.05) is 0 Å². The second kappa shape index (κ2) is 3.39. The third-order valence-electron chi connectivity index (χ3n) is 2.47.